The van der Waals surface area contributed by atoms with Gasteiger partial charge < -0.3 is 14.8 Å². The summed E-state index contributed by atoms with van der Waals surface area (Å²) in [5.74, 6) is 0.626. The highest BCUT2D eigenvalue weighted by atomic mass is 16.5. The Kier molecular flexibility index (Phi) is 13.2. The van der Waals surface area contributed by atoms with E-state index in [0.717, 1.165) is 65.0 Å². The number of rotatable bonds is 18. The second kappa shape index (κ2) is 17.7. The molecule has 0 fully saturated rings. The molecule has 0 aliphatic rings. The molecule has 0 heterocycles. The van der Waals surface area contributed by atoms with E-state index < -0.39 is 0 Å². The average Bonchev–Trinajstić information content (AvgIpc) is 3.04. The molecule has 0 saturated carbocycles. The first-order valence-corrected chi connectivity index (χ1v) is 16.2. The van der Waals surface area contributed by atoms with Crippen LogP contribution in [0.15, 0.2) is 101 Å². The van der Waals surface area contributed by atoms with E-state index in [-0.39, 0.29) is 5.97 Å². The maximum atomic E-state index is 11.3. The number of hydrogen-bond donors (Lipinski definition) is 1. The van der Waals surface area contributed by atoms with Crippen LogP contribution in [0, 0.1) is 13.8 Å². The molecule has 0 aliphatic carbocycles. The quantitative estimate of drug-likeness (QED) is 0.0530. The predicted molar refractivity (Wildman–Crippen MR) is 186 cm³/mol. The molecule has 236 valence electrons. The topological polar surface area (TPSA) is 72.3 Å². The normalized spacial score (nSPS) is 11.2. The number of unbranched alkanes of at least 4 members (excludes halogenated alkanes) is 7. The molecule has 0 atom stereocenters. The van der Waals surface area contributed by atoms with Gasteiger partial charge >= 0.3 is 5.97 Å². The fourth-order valence-electron chi connectivity index (χ4n) is 5.19. The van der Waals surface area contributed by atoms with Crippen molar-refractivity contribution in [3.05, 3.63) is 108 Å². The van der Waals surface area contributed by atoms with Crippen molar-refractivity contribution < 1.29 is 14.3 Å². The van der Waals surface area contributed by atoms with Crippen LogP contribution in [0.3, 0.4) is 0 Å². The fraction of sp³-hybridized carbons (Fsp3) is 0.359. The number of azo groups is 1. The molecule has 6 heteroatoms. The van der Waals surface area contributed by atoms with Crippen LogP contribution in [0.5, 0.6) is 5.75 Å². The zero-order valence-corrected chi connectivity index (χ0v) is 27.1. The molecule has 0 aliphatic heterocycles. The Bertz CT molecular complexity index is 1580. The molecule has 0 aromatic heterocycles. The Labute approximate surface area is 268 Å². The van der Waals surface area contributed by atoms with Gasteiger partial charge in [-0.25, -0.2) is 4.79 Å². The van der Waals surface area contributed by atoms with Gasteiger partial charge in [0.25, 0.3) is 0 Å². The third-order valence-corrected chi connectivity index (χ3v) is 7.81. The minimum Gasteiger partial charge on any atom is -0.494 e. The first-order chi connectivity index (χ1) is 21.9. The van der Waals surface area contributed by atoms with Crippen LogP contribution >= 0.6 is 0 Å². The van der Waals surface area contributed by atoms with E-state index in [1.807, 2.05) is 18.2 Å². The summed E-state index contributed by atoms with van der Waals surface area (Å²) < 4.78 is 11.1. The van der Waals surface area contributed by atoms with Gasteiger partial charge in [0.05, 0.1) is 24.6 Å². The van der Waals surface area contributed by atoms with E-state index in [0.29, 0.717) is 18.7 Å². The second-order valence-electron chi connectivity index (χ2n) is 11.8. The SMILES string of the molecule is C=C(C)C(=O)OCCCCCCCCCCOc1ccc(CNc2ccc(/N=N/c3ccc(C)cc3C)c3ccccc23)cc1. The van der Waals surface area contributed by atoms with E-state index in [1.165, 1.54) is 43.2 Å². The van der Waals surface area contributed by atoms with Gasteiger partial charge in [0.15, 0.2) is 0 Å². The molecule has 0 amide bonds. The number of anilines is 1. The lowest BCUT2D eigenvalue weighted by molar-refractivity contribution is -0.139. The Morgan fingerprint density at radius 2 is 1.36 bits per heavy atom. The number of esters is 1. The van der Waals surface area contributed by atoms with E-state index >= 15 is 0 Å². The van der Waals surface area contributed by atoms with Crippen molar-refractivity contribution in [3.63, 3.8) is 0 Å². The van der Waals surface area contributed by atoms with Crippen molar-refractivity contribution in [3.8, 4) is 5.75 Å². The molecule has 4 rings (SSSR count). The number of benzene rings is 4. The van der Waals surface area contributed by atoms with Crippen LogP contribution in [-0.2, 0) is 16.1 Å². The molecule has 1 N–H and O–H groups in total. The number of carbonyl (C=O) groups excluding carboxylic acids is 1. The van der Waals surface area contributed by atoms with Crippen LogP contribution in [-0.4, -0.2) is 19.2 Å². The first-order valence-electron chi connectivity index (χ1n) is 16.2. The van der Waals surface area contributed by atoms with Crippen molar-refractivity contribution in [1.29, 1.82) is 0 Å². The third kappa shape index (κ3) is 10.9. The molecule has 0 radical (unpaired) electrons. The fourth-order valence-corrected chi connectivity index (χ4v) is 5.19. The Morgan fingerprint density at radius 3 is 2.04 bits per heavy atom. The summed E-state index contributed by atoms with van der Waals surface area (Å²) in [4.78, 5) is 11.3. The Morgan fingerprint density at radius 1 is 0.733 bits per heavy atom. The molecule has 0 saturated heterocycles. The maximum Gasteiger partial charge on any atom is 0.333 e. The number of ether oxygens (including phenoxy) is 2. The Balaban J connectivity index is 1.15. The third-order valence-electron chi connectivity index (χ3n) is 7.81. The van der Waals surface area contributed by atoms with E-state index in [2.05, 4.69) is 96.6 Å². The minimum atomic E-state index is -0.286. The standard InChI is InChI=1S/C39H47N3O3/c1-29(2)39(43)45-26-14-10-8-6-5-7-9-13-25-44-33-20-18-32(19-21-33)28-40-37-23-24-38(35-16-12-11-15-34(35)37)42-41-36-22-17-30(3)27-31(36)4/h11-12,15-24,27,40H,1,5-10,13-14,25-26,28H2,2-4H3/b42-41+. The highest BCUT2D eigenvalue weighted by Crippen LogP contribution is 2.33. The Hall–Kier alpha value is -4.45. The van der Waals surface area contributed by atoms with E-state index in [9.17, 15) is 4.79 Å². The van der Waals surface area contributed by atoms with Gasteiger partial charge in [0, 0.05) is 28.6 Å². The van der Waals surface area contributed by atoms with Gasteiger partial charge in [-0.05, 0) is 75.1 Å². The largest absolute Gasteiger partial charge is 0.494 e. The maximum absolute atomic E-state index is 11.3. The van der Waals surface area contributed by atoms with Crippen molar-refractivity contribution in [2.45, 2.75) is 78.7 Å². The van der Waals surface area contributed by atoms with Crippen LogP contribution in [0.2, 0.25) is 0 Å². The van der Waals surface area contributed by atoms with E-state index in [4.69, 9.17) is 9.47 Å². The molecule has 0 unspecified atom stereocenters. The van der Waals surface area contributed by atoms with Crippen molar-refractivity contribution in [1.82, 2.24) is 0 Å². The molecule has 0 spiro atoms. The molecular weight excluding hydrogens is 558 g/mol. The lowest BCUT2D eigenvalue weighted by atomic mass is 10.1. The molecule has 6 nitrogen and oxygen atoms in total. The van der Waals surface area contributed by atoms with Gasteiger partial charge in [-0.2, -0.15) is 5.11 Å². The highest BCUT2D eigenvalue weighted by molar-refractivity contribution is 6.00. The summed E-state index contributed by atoms with van der Waals surface area (Å²) in [7, 11) is 0. The molecular formula is C39H47N3O3. The van der Waals surface area contributed by atoms with Crippen LogP contribution in [0.25, 0.3) is 10.8 Å². The van der Waals surface area contributed by atoms with Gasteiger partial charge in [-0.1, -0.05) is 99.2 Å². The lowest BCUT2D eigenvalue weighted by Crippen LogP contribution is -2.05. The summed E-state index contributed by atoms with van der Waals surface area (Å²) in [6.07, 6.45) is 9.14. The summed E-state index contributed by atoms with van der Waals surface area (Å²) in [6.45, 7) is 11.4. The summed E-state index contributed by atoms with van der Waals surface area (Å²) in [6, 6.07) is 27.0. The zero-order chi connectivity index (χ0) is 31.9. The van der Waals surface area contributed by atoms with Gasteiger partial charge in [-0.3, -0.25) is 0 Å². The number of nitrogens with zero attached hydrogens (tertiary/aromatic N) is 2. The highest BCUT2D eigenvalue weighted by Gasteiger charge is 2.07. The van der Waals surface area contributed by atoms with E-state index in [1.54, 1.807) is 6.92 Å². The number of aryl methyl sites for hydroxylation is 2. The van der Waals surface area contributed by atoms with Crippen molar-refractivity contribution in [2.75, 3.05) is 18.5 Å². The molecule has 45 heavy (non-hydrogen) atoms. The number of nitrogens with one attached hydrogen (secondary N) is 1. The number of fused-ring (bicyclic) bond motifs is 1. The monoisotopic (exact) mass is 605 g/mol. The molecule has 4 aromatic carbocycles. The zero-order valence-electron chi connectivity index (χ0n) is 27.1. The van der Waals surface area contributed by atoms with Crippen molar-refractivity contribution >= 4 is 33.8 Å². The van der Waals surface area contributed by atoms with Crippen molar-refractivity contribution in [2.24, 2.45) is 10.2 Å². The second-order valence-corrected chi connectivity index (χ2v) is 11.8. The number of hydrogen-bond acceptors (Lipinski definition) is 6. The summed E-state index contributed by atoms with van der Waals surface area (Å²) in [5.41, 5.74) is 6.81. The van der Waals surface area contributed by atoms with Crippen LogP contribution < -0.4 is 10.1 Å². The summed E-state index contributed by atoms with van der Waals surface area (Å²) >= 11 is 0. The average molecular weight is 606 g/mol. The van der Waals surface area contributed by atoms with Crippen LogP contribution in [0.1, 0.15) is 75.0 Å². The van der Waals surface area contributed by atoms with Gasteiger partial charge in [0.1, 0.15) is 5.75 Å². The number of carbonyl (C=O) groups is 1. The first kappa shape index (κ1) is 33.4. The van der Waals surface area contributed by atoms with Crippen LogP contribution in [0.4, 0.5) is 17.1 Å². The molecule has 4 aromatic rings. The lowest BCUT2D eigenvalue weighted by Gasteiger charge is -2.12. The van der Waals surface area contributed by atoms with Gasteiger partial charge in [0.2, 0.25) is 0 Å². The minimum absolute atomic E-state index is 0.286. The summed E-state index contributed by atoms with van der Waals surface area (Å²) in [5, 5.41) is 14.9. The smallest absolute Gasteiger partial charge is 0.333 e. The van der Waals surface area contributed by atoms with Gasteiger partial charge in [-0.15, -0.1) is 5.11 Å². The predicted octanol–water partition coefficient (Wildman–Crippen LogP) is 11.1. The molecule has 0 bridgehead atoms.